The van der Waals surface area contributed by atoms with E-state index in [4.69, 9.17) is 4.74 Å². The topological polar surface area (TPSA) is 80.2 Å². The summed E-state index contributed by atoms with van der Waals surface area (Å²) in [4.78, 5) is 19.3. The van der Waals surface area contributed by atoms with Crippen molar-refractivity contribution >= 4 is 17.4 Å². The molecule has 1 fully saturated rings. The fourth-order valence-electron chi connectivity index (χ4n) is 3.02. The lowest BCUT2D eigenvalue weighted by Crippen LogP contribution is -2.36. The highest BCUT2D eigenvalue weighted by Crippen LogP contribution is 2.20. The van der Waals surface area contributed by atoms with Crippen LogP contribution in [0.15, 0.2) is 54.7 Å². The molecule has 28 heavy (non-hydrogen) atoms. The van der Waals surface area contributed by atoms with Gasteiger partial charge in [-0.25, -0.2) is 4.98 Å². The Kier molecular flexibility index (Phi) is 5.25. The monoisotopic (exact) mass is 375 g/mol. The van der Waals surface area contributed by atoms with Crippen LogP contribution < -0.4 is 10.2 Å². The lowest BCUT2D eigenvalue weighted by atomic mass is 10.1. The summed E-state index contributed by atoms with van der Waals surface area (Å²) in [5.41, 5.74) is 3.64. The molecule has 3 heterocycles. The van der Waals surface area contributed by atoms with Crippen molar-refractivity contribution in [2.24, 2.45) is 0 Å². The summed E-state index contributed by atoms with van der Waals surface area (Å²) in [5.74, 6) is 0.698. The number of amides is 1. The Morgan fingerprint density at radius 3 is 2.64 bits per heavy atom. The van der Waals surface area contributed by atoms with Crippen LogP contribution in [-0.2, 0) is 4.74 Å². The average molecular weight is 375 g/mol. The van der Waals surface area contributed by atoms with E-state index in [-0.39, 0.29) is 5.91 Å². The largest absolute Gasteiger partial charge is 0.378 e. The third-order valence-electron chi connectivity index (χ3n) is 4.56. The van der Waals surface area contributed by atoms with Gasteiger partial charge in [-0.3, -0.25) is 4.79 Å². The van der Waals surface area contributed by atoms with Crippen molar-refractivity contribution in [3.8, 4) is 11.3 Å². The minimum absolute atomic E-state index is 0.192. The number of hydrogen-bond acceptors (Lipinski definition) is 6. The molecule has 0 bridgehead atoms. The van der Waals surface area contributed by atoms with Gasteiger partial charge in [0.05, 0.1) is 36.5 Å². The number of aromatic nitrogens is 3. The van der Waals surface area contributed by atoms with Crippen molar-refractivity contribution in [1.29, 1.82) is 0 Å². The molecule has 1 saturated heterocycles. The summed E-state index contributed by atoms with van der Waals surface area (Å²) in [6.07, 6.45) is 1.68. The summed E-state index contributed by atoms with van der Waals surface area (Å²) < 4.78 is 5.36. The Balaban J connectivity index is 1.46. The normalized spacial score (nSPS) is 14.0. The van der Waals surface area contributed by atoms with E-state index in [0.29, 0.717) is 24.5 Å². The molecule has 1 amide bonds. The SMILES string of the molecule is Cc1ccc(-c2cccc(C(=O)Nc3ccc(N4CCOCC4)nc3)c2)nn1. The molecule has 4 rings (SSSR count). The van der Waals surface area contributed by atoms with Crippen LogP contribution >= 0.6 is 0 Å². The van der Waals surface area contributed by atoms with Crippen LogP contribution in [0.3, 0.4) is 0 Å². The van der Waals surface area contributed by atoms with E-state index in [1.54, 1.807) is 12.3 Å². The quantitative estimate of drug-likeness (QED) is 0.755. The average Bonchev–Trinajstić information content (AvgIpc) is 2.75. The Labute approximate surface area is 163 Å². The Hall–Kier alpha value is -3.32. The van der Waals surface area contributed by atoms with Crippen molar-refractivity contribution in [3.63, 3.8) is 0 Å². The van der Waals surface area contributed by atoms with Gasteiger partial charge in [0, 0.05) is 24.2 Å². The van der Waals surface area contributed by atoms with Gasteiger partial charge in [0.15, 0.2) is 0 Å². The van der Waals surface area contributed by atoms with Gasteiger partial charge in [0.25, 0.3) is 5.91 Å². The molecule has 7 nitrogen and oxygen atoms in total. The number of ether oxygens (including phenoxy) is 1. The molecule has 0 unspecified atom stereocenters. The third-order valence-corrected chi connectivity index (χ3v) is 4.56. The van der Waals surface area contributed by atoms with Gasteiger partial charge < -0.3 is 15.0 Å². The molecule has 3 aromatic rings. The minimum atomic E-state index is -0.192. The van der Waals surface area contributed by atoms with Crippen LogP contribution in [-0.4, -0.2) is 47.4 Å². The number of carbonyl (C=O) groups excluding carboxylic acids is 1. The predicted molar refractivity (Wildman–Crippen MR) is 107 cm³/mol. The van der Waals surface area contributed by atoms with Crippen LogP contribution in [0.1, 0.15) is 16.1 Å². The van der Waals surface area contributed by atoms with Gasteiger partial charge in [0.2, 0.25) is 0 Å². The highest BCUT2D eigenvalue weighted by Gasteiger charge is 2.13. The third kappa shape index (κ3) is 4.15. The first-order chi connectivity index (χ1) is 13.7. The summed E-state index contributed by atoms with van der Waals surface area (Å²) in [6.45, 7) is 4.96. The lowest BCUT2D eigenvalue weighted by Gasteiger charge is -2.27. The van der Waals surface area contributed by atoms with Crippen molar-refractivity contribution in [3.05, 3.63) is 66.0 Å². The molecule has 0 radical (unpaired) electrons. The first-order valence-electron chi connectivity index (χ1n) is 9.20. The predicted octanol–water partition coefficient (Wildman–Crippen LogP) is 2.94. The Morgan fingerprint density at radius 2 is 1.93 bits per heavy atom. The molecule has 1 aliphatic heterocycles. The molecule has 0 atom stereocenters. The summed E-state index contributed by atoms with van der Waals surface area (Å²) in [7, 11) is 0. The maximum atomic E-state index is 12.6. The number of carbonyl (C=O) groups is 1. The van der Waals surface area contributed by atoms with Crippen molar-refractivity contribution in [2.45, 2.75) is 6.92 Å². The molecule has 1 aromatic carbocycles. The van der Waals surface area contributed by atoms with E-state index in [9.17, 15) is 4.79 Å². The molecule has 0 saturated carbocycles. The fourth-order valence-corrected chi connectivity index (χ4v) is 3.02. The van der Waals surface area contributed by atoms with Crippen LogP contribution in [0.4, 0.5) is 11.5 Å². The number of benzene rings is 1. The number of pyridine rings is 1. The molecular weight excluding hydrogens is 354 g/mol. The van der Waals surface area contributed by atoms with Crippen molar-refractivity contribution in [1.82, 2.24) is 15.2 Å². The van der Waals surface area contributed by atoms with Gasteiger partial charge in [-0.05, 0) is 43.3 Å². The van der Waals surface area contributed by atoms with Gasteiger partial charge in [-0.1, -0.05) is 12.1 Å². The fraction of sp³-hybridized carbons (Fsp3) is 0.238. The maximum Gasteiger partial charge on any atom is 0.255 e. The highest BCUT2D eigenvalue weighted by atomic mass is 16.5. The zero-order chi connectivity index (χ0) is 19.3. The second-order valence-corrected chi connectivity index (χ2v) is 6.60. The standard InChI is InChI=1S/C21H21N5O2/c1-15-5-7-19(25-24-15)16-3-2-4-17(13-16)21(27)23-18-6-8-20(22-14-18)26-9-11-28-12-10-26/h2-8,13-14H,9-12H2,1H3,(H,23,27). The first-order valence-corrected chi connectivity index (χ1v) is 9.20. The number of aryl methyl sites for hydroxylation is 1. The first kappa shape index (κ1) is 18.1. The molecule has 2 aromatic heterocycles. The molecule has 0 spiro atoms. The molecule has 1 N–H and O–H groups in total. The van der Waals surface area contributed by atoms with Gasteiger partial charge in [-0.2, -0.15) is 10.2 Å². The van der Waals surface area contributed by atoms with E-state index >= 15 is 0 Å². The van der Waals surface area contributed by atoms with E-state index in [1.807, 2.05) is 49.4 Å². The summed E-state index contributed by atoms with van der Waals surface area (Å²) >= 11 is 0. The molecule has 142 valence electrons. The zero-order valence-corrected chi connectivity index (χ0v) is 15.6. The van der Waals surface area contributed by atoms with E-state index in [0.717, 1.165) is 35.9 Å². The second-order valence-electron chi connectivity index (χ2n) is 6.60. The lowest BCUT2D eigenvalue weighted by molar-refractivity contribution is 0.102. The van der Waals surface area contributed by atoms with Crippen LogP contribution in [0, 0.1) is 6.92 Å². The molecule has 7 heteroatoms. The Morgan fingerprint density at radius 1 is 1.07 bits per heavy atom. The van der Waals surface area contributed by atoms with Gasteiger partial charge in [-0.15, -0.1) is 0 Å². The van der Waals surface area contributed by atoms with E-state index < -0.39 is 0 Å². The van der Waals surface area contributed by atoms with Crippen molar-refractivity contribution in [2.75, 3.05) is 36.5 Å². The van der Waals surface area contributed by atoms with E-state index in [2.05, 4.69) is 25.4 Å². The molecular formula is C21H21N5O2. The van der Waals surface area contributed by atoms with Gasteiger partial charge >= 0.3 is 0 Å². The Bertz CT molecular complexity index is 951. The number of hydrogen-bond donors (Lipinski definition) is 1. The minimum Gasteiger partial charge on any atom is -0.378 e. The number of rotatable bonds is 4. The number of anilines is 2. The maximum absolute atomic E-state index is 12.6. The second kappa shape index (κ2) is 8.14. The molecule has 0 aliphatic carbocycles. The summed E-state index contributed by atoms with van der Waals surface area (Å²) in [6, 6.07) is 14.9. The number of nitrogens with one attached hydrogen (secondary N) is 1. The van der Waals surface area contributed by atoms with Crippen LogP contribution in [0.5, 0.6) is 0 Å². The number of morpholine rings is 1. The van der Waals surface area contributed by atoms with Crippen LogP contribution in [0.2, 0.25) is 0 Å². The number of nitrogens with zero attached hydrogens (tertiary/aromatic N) is 4. The van der Waals surface area contributed by atoms with Crippen molar-refractivity contribution < 1.29 is 9.53 Å². The van der Waals surface area contributed by atoms with Crippen LogP contribution in [0.25, 0.3) is 11.3 Å². The smallest absolute Gasteiger partial charge is 0.255 e. The zero-order valence-electron chi connectivity index (χ0n) is 15.6. The highest BCUT2D eigenvalue weighted by molar-refractivity contribution is 6.04. The van der Waals surface area contributed by atoms with Gasteiger partial charge in [0.1, 0.15) is 5.82 Å². The molecule has 1 aliphatic rings. The van der Waals surface area contributed by atoms with E-state index in [1.165, 1.54) is 0 Å². The summed E-state index contributed by atoms with van der Waals surface area (Å²) in [5, 5.41) is 11.2.